The molecule has 0 aliphatic carbocycles. The maximum absolute atomic E-state index is 13.4. The lowest BCUT2D eigenvalue weighted by Gasteiger charge is -2.17. The van der Waals surface area contributed by atoms with Crippen molar-refractivity contribution in [3.8, 4) is 22.9 Å². The summed E-state index contributed by atoms with van der Waals surface area (Å²) in [5.74, 6) is 0.0220. The first-order valence-corrected chi connectivity index (χ1v) is 13.1. The maximum Gasteiger partial charge on any atom is 0.416 e. The van der Waals surface area contributed by atoms with Crippen LogP contribution in [-0.2, 0) is 15.7 Å². The zero-order valence-corrected chi connectivity index (χ0v) is 23.7. The Bertz CT molecular complexity index is 1650. The van der Waals surface area contributed by atoms with E-state index >= 15 is 0 Å². The number of alkyl halides is 3. The predicted octanol–water partition coefficient (Wildman–Crippen LogP) is 5.91. The summed E-state index contributed by atoms with van der Waals surface area (Å²) < 4.78 is 58.0. The number of hydrogen-bond donors (Lipinski definition) is 0. The van der Waals surface area contributed by atoms with Crippen LogP contribution in [-0.4, -0.2) is 41.7 Å². The lowest BCUT2D eigenvalue weighted by atomic mass is 10.1. The van der Waals surface area contributed by atoms with E-state index in [9.17, 15) is 22.8 Å². The molecule has 4 rings (SSSR count). The van der Waals surface area contributed by atoms with Gasteiger partial charge in [-0.3, -0.25) is 4.79 Å². The molecule has 1 heterocycles. The molecule has 1 atom stereocenters. The molecule has 0 unspecified atom stereocenters. The number of carbonyl (C=O) groups excluding carboxylic acids is 1. The first kappa shape index (κ1) is 29.1. The molecule has 0 aliphatic rings. The molecule has 12 heteroatoms. The molecule has 0 aliphatic heterocycles. The SMILES string of the molecule is CCOC(=O)[C@H](C)Oc1c(I)cc(C=Nn2c(-c3cccc(C(F)(F)F)c3)nc3ccccc3c2=O)cc1OC. The van der Waals surface area contributed by atoms with Crippen molar-refractivity contribution in [2.24, 2.45) is 5.10 Å². The number of aromatic nitrogens is 2. The van der Waals surface area contributed by atoms with Crippen molar-refractivity contribution in [3.63, 3.8) is 0 Å². The third kappa shape index (κ3) is 6.27. The number of hydrogen-bond acceptors (Lipinski definition) is 7. The van der Waals surface area contributed by atoms with E-state index in [1.54, 1.807) is 50.2 Å². The van der Waals surface area contributed by atoms with Gasteiger partial charge in [0.2, 0.25) is 0 Å². The van der Waals surface area contributed by atoms with Gasteiger partial charge < -0.3 is 14.2 Å². The molecule has 1 aromatic heterocycles. The molecule has 208 valence electrons. The molecule has 0 saturated carbocycles. The minimum Gasteiger partial charge on any atom is -0.493 e. The van der Waals surface area contributed by atoms with Crippen LogP contribution in [0.4, 0.5) is 13.2 Å². The van der Waals surface area contributed by atoms with Crippen molar-refractivity contribution in [1.29, 1.82) is 0 Å². The van der Waals surface area contributed by atoms with Gasteiger partial charge in [-0.25, -0.2) is 9.78 Å². The number of carbonyl (C=O) groups is 1. The van der Waals surface area contributed by atoms with Crippen LogP contribution < -0.4 is 15.0 Å². The van der Waals surface area contributed by atoms with Crippen LogP contribution in [0.3, 0.4) is 0 Å². The Morgan fingerprint density at radius 3 is 2.60 bits per heavy atom. The van der Waals surface area contributed by atoms with E-state index in [1.807, 2.05) is 22.6 Å². The quantitative estimate of drug-likeness (QED) is 0.132. The Morgan fingerprint density at radius 2 is 1.90 bits per heavy atom. The molecule has 0 radical (unpaired) electrons. The number of ether oxygens (including phenoxy) is 3. The van der Waals surface area contributed by atoms with Crippen LogP contribution in [0.2, 0.25) is 0 Å². The van der Waals surface area contributed by atoms with Gasteiger partial charge in [0.1, 0.15) is 0 Å². The second-order valence-electron chi connectivity index (χ2n) is 8.44. The fourth-order valence-corrected chi connectivity index (χ4v) is 4.54. The first-order chi connectivity index (χ1) is 19.0. The average Bonchev–Trinajstić information content (AvgIpc) is 2.93. The van der Waals surface area contributed by atoms with E-state index in [2.05, 4.69) is 10.1 Å². The highest BCUT2D eigenvalue weighted by Crippen LogP contribution is 2.35. The zero-order valence-electron chi connectivity index (χ0n) is 21.5. The largest absolute Gasteiger partial charge is 0.493 e. The number of benzene rings is 3. The van der Waals surface area contributed by atoms with Crippen molar-refractivity contribution in [1.82, 2.24) is 9.66 Å². The number of fused-ring (bicyclic) bond motifs is 1. The predicted molar refractivity (Wildman–Crippen MR) is 152 cm³/mol. The van der Waals surface area contributed by atoms with Gasteiger partial charge in [-0.1, -0.05) is 24.3 Å². The maximum atomic E-state index is 13.4. The van der Waals surface area contributed by atoms with Crippen LogP contribution in [0, 0.1) is 3.57 Å². The minimum absolute atomic E-state index is 0.0593. The fraction of sp³-hybridized carbons (Fsp3) is 0.214. The molecule has 0 bridgehead atoms. The van der Waals surface area contributed by atoms with Gasteiger partial charge in [-0.15, -0.1) is 0 Å². The van der Waals surface area contributed by atoms with Crippen molar-refractivity contribution in [3.05, 3.63) is 85.7 Å². The van der Waals surface area contributed by atoms with Crippen molar-refractivity contribution >= 4 is 45.7 Å². The molecule has 40 heavy (non-hydrogen) atoms. The molecule has 0 N–H and O–H groups in total. The number of methoxy groups -OCH3 is 1. The van der Waals surface area contributed by atoms with Crippen molar-refractivity contribution in [2.45, 2.75) is 26.1 Å². The minimum atomic E-state index is -4.58. The number of nitrogens with zero attached hydrogens (tertiary/aromatic N) is 3. The van der Waals surface area contributed by atoms with E-state index in [1.165, 1.54) is 25.5 Å². The van der Waals surface area contributed by atoms with Gasteiger partial charge >= 0.3 is 12.1 Å². The number of rotatable bonds is 8. The van der Waals surface area contributed by atoms with Crippen LogP contribution >= 0.6 is 22.6 Å². The highest BCUT2D eigenvalue weighted by Gasteiger charge is 2.31. The van der Waals surface area contributed by atoms with E-state index < -0.39 is 29.4 Å². The highest BCUT2D eigenvalue weighted by atomic mass is 127. The number of halogens is 4. The van der Waals surface area contributed by atoms with Gasteiger partial charge in [0.25, 0.3) is 5.56 Å². The van der Waals surface area contributed by atoms with Gasteiger partial charge in [-0.2, -0.15) is 22.9 Å². The summed E-state index contributed by atoms with van der Waals surface area (Å²) in [7, 11) is 1.43. The van der Waals surface area contributed by atoms with Gasteiger partial charge in [0, 0.05) is 5.56 Å². The van der Waals surface area contributed by atoms with Crippen molar-refractivity contribution < 1.29 is 32.2 Å². The molecule has 0 amide bonds. The average molecular weight is 665 g/mol. The summed E-state index contributed by atoms with van der Waals surface area (Å²) in [6.45, 7) is 3.46. The monoisotopic (exact) mass is 665 g/mol. The van der Waals surface area contributed by atoms with Gasteiger partial charge in [0.05, 0.1) is 40.0 Å². The summed E-state index contributed by atoms with van der Waals surface area (Å²) >= 11 is 2.01. The van der Waals surface area contributed by atoms with E-state index in [4.69, 9.17) is 14.2 Å². The Morgan fingerprint density at radius 1 is 1.15 bits per heavy atom. The van der Waals surface area contributed by atoms with Crippen LogP contribution in [0.25, 0.3) is 22.3 Å². The fourth-order valence-electron chi connectivity index (χ4n) is 3.79. The molecular formula is C28H23F3IN3O5. The summed E-state index contributed by atoms with van der Waals surface area (Å²) in [5, 5.41) is 4.56. The lowest BCUT2D eigenvalue weighted by Crippen LogP contribution is -2.26. The third-order valence-corrected chi connectivity index (χ3v) is 6.49. The van der Waals surface area contributed by atoms with E-state index in [-0.39, 0.29) is 23.4 Å². The van der Waals surface area contributed by atoms with Gasteiger partial charge in [0.15, 0.2) is 23.4 Å². The van der Waals surface area contributed by atoms with Crippen LogP contribution in [0.5, 0.6) is 11.5 Å². The standard InChI is InChI=1S/C28H23F3IN3O5/c1-4-39-27(37)16(2)40-24-21(32)12-17(13-23(24)38-3)15-33-35-25(18-8-7-9-19(14-18)28(29,30)31)34-22-11-6-5-10-20(22)26(35)36/h5-16H,4H2,1-3H3/t16-/m0/s1. The van der Waals surface area contributed by atoms with E-state index in [0.29, 0.717) is 26.1 Å². The first-order valence-electron chi connectivity index (χ1n) is 12.0. The Balaban J connectivity index is 1.80. The molecule has 0 spiro atoms. The summed E-state index contributed by atoms with van der Waals surface area (Å²) in [6.07, 6.45) is -4.11. The second-order valence-corrected chi connectivity index (χ2v) is 9.60. The lowest BCUT2D eigenvalue weighted by molar-refractivity contribution is -0.150. The van der Waals surface area contributed by atoms with Crippen LogP contribution in [0.1, 0.15) is 25.0 Å². The Labute approximate surface area is 240 Å². The van der Waals surface area contributed by atoms with Crippen LogP contribution in [0.15, 0.2) is 70.6 Å². The summed E-state index contributed by atoms with van der Waals surface area (Å²) in [4.78, 5) is 29.9. The Kier molecular flexibility index (Phi) is 8.76. The molecule has 8 nitrogen and oxygen atoms in total. The summed E-state index contributed by atoms with van der Waals surface area (Å²) in [6, 6.07) is 14.3. The molecule has 0 saturated heterocycles. The zero-order chi connectivity index (χ0) is 29.0. The number of esters is 1. The molecule has 0 fully saturated rings. The summed E-state index contributed by atoms with van der Waals surface area (Å²) in [5.41, 5.74) is -0.556. The molecular weight excluding hydrogens is 642 g/mol. The second kappa shape index (κ2) is 12.1. The highest BCUT2D eigenvalue weighted by molar-refractivity contribution is 14.1. The number of para-hydroxylation sites is 1. The topological polar surface area (TPSA) is 92.0 Å². The molecule has 3 aromatic carbocycles. The van der Waals surface area contributed by atoms with Crippen molar-refractivity contribution in [2.75, 3.05) is 13.7 Å². The smallest absolute Gasteiger partial charge is 0.416 e. The normalized spacial score (nSPS) is 12.5. The third-order valence-electron chi connectivity index (χ3n) is 5.69. The Hall–Kier alpha value is -3.94. The van der Waals surface area contributed by atoms with Gasteiger partial charge in [-0.05, 0) is 78.4 Å². The molecule has 4 aromatic rings. The van der Waals surface area contributed by atoms with E-state index in [0.717, 1.165) is 16.8 Å².